The third-order valence-corrected chi connectivity index (χ3v) is 2.83. The second kappa shape index (κ2) is 3.36. The van der Waals surface area contributed by atoms with E-state index in [1.165, 1.54) is 0 Å². The van der Waals surface area contributed by atoms with E-state index in [0.29, 0.717) is 0 Å². The van der Waals surface area contributed by atoms with Crippen molar-refractivity contribution < 1.29 is 0 Å². The first kappa shape index (κ1) is 9.29. The zero-order chi connectivity index (χ0) is 11.9. The van der Waals surface area contributed by atoms with E-state index in [1.54, 1.807) is 34.0 Å². The molecule has 0 unspecified atom stereocenters. The van der Waals surface area contributed by atoms with Crippen LogP contribution < -0.4 is 0 Å². The summed E-state index contributed by atoms with van der Waals surface area (Å²) < 4.78 is 3.52. The summed E-state index contributed by atoms with van der Waals surface area (Å²) in [6.07, 6.45) is 8.84. The lowest BCUT2D eigenvalue weighted by atomic mass is 10.4. The fourth-order valence-electron chi connectivity index (χ4n) is 2.02. The maximum atomic E-state index is 4.35. The van der Waals surface area contributed by atoms with Gasteiger partial charge in [0, 0.05) is 18.6 Å². The number of rotatable bonds is 1. The smallest absolute Gasteiger partial charge is 0.181 e. The highest BCUT2D eigenvalue weighted by atomic mass is 15.3. The molecular formula is C12H8N6. The van der Waals surface area contributed by atoms with E-state index in [0.717, 1.165) is 22.4 Å². The molecule has 4 aromatic rings. The van der Waals surface area contributed by atoms with Crippen molar-refractivity contribution in [1.29, 1.82) is 0 Å². The Morgan fingerprint density at radius 1 is 0.944 bits per heavy atom. The van der Waals surface area contributed by atoms with Gasteiger partial charge >= 0.3 is 0 Å². The van der Waals surface area contributed by atoms with Crippen molar-refractivity contribution in [2.75, 3.05) is 0 Å². The standard InChI is InChI=1S/C12H8N6/c1-3-10-9(13-4-1)7-16-18(10)11-8-15-17-6-2-5-14-12(11)17/h1-8H. The third-order valence-electron chi connectivity index (χ3n) is 2.83. The van der Waals surface area contributed by atoms with Gasteiger partial charge in [-0.15, -0.1) is 0 Å². The number of hydrogen-bond donors (Lipinski definition) is 0. The molecule has 0 radical (unpaired) electrons. The van der Waals surface area contributed by atoms with Crippen molar-refractivity contribution in [2.45, 2.75) is 0 Å². The molecule has 6 heteroatoms. The van der Waals surface area contributed by atoms with Gasteiger partial charge in [-0.3, -0.25) is 4.98 Å². The van der Waals surface area contributed by atoms with Crippen molar-refractivity contribution in [3.8, 4) is 5.69 Å². The first-order valence-corrected chi connectivity index (χ1v) is 5.51. The fraction of sp³-hybridized carbons (Fsp3) is 0. The van der Waals surface area contributed by atoms with E-state index in [-0.39, 0.29) is 0 Å². The molecule has 0 saturated heterocycles. The molecule has 0 N–H and O–H groups in total. The summed E-state index contributed by atoms with van der Waals surface area (Å²) in [7, 11) is 0. The van der Waals surface area contributed by atoms with Gasteiger partial charge in [0.1, 0.15) is 11.2 Å². The minimum absolute atomic E-state index is 0.770. The predicted octanol–water partition coefficient (Wildman–Crippen LogP) is 1.46. The molecule has 0 bridgehead atoms. The topological polar surface area (TPSA) is 60.9 Å². The first-order valence-electron chi connectivity index (χ1n) is 5.51. The molecule has 0 aliphatic heterocycles. The van der Waals surface area contributed by atoms with Crippen molar-refractivity contribution >= 4 is 16.7 Å². The van der Waals surface area contributed by atoms with Crippen molar-refractivity contribution in [3.05, 3.63) is 49.2 Å². The molecule has 6 nitrogen and oxygen atoms in total. The van der Waals surface area contributed by atoms with Crippen LogP contribution in [-0.4, -0.2) is 29.4 Å². The Labute approximate surface area is 102 Å². The van der Waals surface area contributed by atoms with Crippen LogP contribution in [-0.2, 0) is 0 Å². The molecule has 0 spiro atoms. The number of pyridine rings is 1. The van der Waals surface area contributed by atoms with E-state index in [9.17, 15) is 0 Å². The van der Waals surface area contributed by atoms with Crippen LogP contribution in [0.5, 0.6) is 0 Å². The van der Waals surface area contributed by atoms with E-state index in [4.69, 9.17) is 0 Å². The van der Waals surface area contributed by atoms with E-state index < -0.39 is 0 Å². The summed E-state index contributed by atoms with van der Waals surface area (Å²) in [4.78, 5) is 8.58. The van der Waals surface area contributed by atoms with Gasteiger partial charge in [-0.1, -0.05) is 0 Å². The SMILES string of the molecule is c1cnc2cnn(-c3cnn4cccnc34)c2c1. The van der Waals surface area contributed by atoms with Gasteiger partial charge in [0.25, 0.3) is 0 Å². The van der Waals surface area contributed by atoms with Gasteiger partial charge < -0.3 is 0 Å². The van der Waals surface area contributed by atoms with E-state index in [2.05, 4.69) is 20.2 Å². The highest BCUT2D eigenvalue weighted by Crippen LogP contribution is 2.18. The van der Waals surface area contributed by atoms with Gasteiger partial charge in [0.2, 0.25) is 0 Å². The molecular weight excluding hydrogens is 228 g/mol. The van der Waals surface area contributed by atoms with Crippen LogP contribution in [0.25, 0.3) is 22.4 Å². The Hall–Kier alpha value is -2.76. The Balaban J connectivity index is 2.08. The van der Waals surface area contributed by atoms with E-state index >= 15 is 0 Å². The zero-order valence-electron chi connectivity index (χ0n) is 9.30. The van der Waals surface area contributed by atoms with Gasteiger partial charge in [-0.25, -0.2) is 14.2 Å². The Morgan fingerprint density at radius 3 is 2.89 bits per heavy atom. The van der Waals surface area contributed by atoms with Gasteiger partial charge in [0.15, 0.2) is 5.65 Å². The summed E-state index contributed by atoms with van der Waals surface area (Å²) >= 11 is 0. The molecule has 0 fully saturated rings. The van der Waals surface area contributed by atoms with Gasteiger partial charge in [-0.2, -0.15) is 10.2 Å². The summed E-state index contributed by atoms with van der Waals surface area (Å²) in [6.45, 7) is 0. The number of nitrogens with zero attached hydrogens (tertiary/aromatic N) is 6. The first-order chi connectivity index (χ1) is 8.93. The molecule has 0 atom stereocenters. The van der Waals surface area contributed by atoms with Crippen LogP contribution in [0.3, 0.4) is 0 Å². The molecule has 4 rings (SSSR count). The minimum Gasteiger partial charge on any atom is -0.253 e. The van der Waals surface area contributed by atoms with Crippen molar-refractivity contribution in [1.82, 2.24) is 29.4 Å². The average Bonchev–Trinajstić information content (AvgIpc) is 3.01. The average molecular weight is 236 g/mol. The lowest BCUT2D eigenvalue weighted by molar-refractivity contribution is 0.913. The largest absolute Gasteiger partial charge is 0.253 e. The van der Waals surface area contributed by atoms with Gasteiger partial charge in [-0.05, 0) is 18.2 Å². The maximum absolute atomic E-state index is 4.35. The van der Waals surface area contributed by atoms with E-state index in [1.807, 2.05) is 24.4 Å². The third kappa shape index (κ3) is 1.17. The summed E-state index contributed by atoms with van der Waals surface area (Å²) in [5.41, 5.74) is 3.41. The molecule has 0 saturated carbocycles. The van der Waals surface area contributed by atoms with Crippen molar-refractivity contribution in [3.63, 3.8) is 0 Å². The monoisotopic (exact) mass is 236 g/mol. The van der Waals surface area contributed by atoms with Crippen LogP contribution in [0.2, 0.25) is 0 Å². The molecule has 18 heavy (non-hydrogen) atoms. The molecule has 0 aromatic carbocycles. The van der Waals surface area contributed by atoms with Crippen LogP contribution in [0.1, 0.15) is 0 Å². The summed E-state index contributed by atoms with van der Waals surface area (Å²) in [5.74, 6) is 0. The highest BCUT2D eigenvalue weighted by Gasteiger charge is 2.11. The number of fused-ring (bicyclic) bond motifs is 2. The van der Waals surface area contributed by atoms with Crippen LogP contribution in [0.15, 0.2) is 49.2 Å². The van der Waals surface area contributed by atoms with Crippen LogP contribution >= 0.6 is 0 Å². The predicted molar refractivity (Wildman–Crippen MR) is 65.4 cm³/mol. The highest BCUT2D eigenvalue weighted by molar-refractivity contribution is 5.77. The Bertz CT molecular complexity index is 772. The zero-order valence-corrected chi connectivity index (χ0v) is 9.30. The molecule has 86 valence electrons. The quantitative estimate of drug-likeness (QED) is 0.502. The maximum Gasteiger partial charge on any atom is 0.181 e. The second-order valence-electron chi connectivity index (χ2n) is 3.88. The normalized spacial score (nSPS) is 11.3. The Kier molecular flexibility index (Phi) is 1.74. The van der Waals surface area contributed by atoms with Crippen molar-refractivity contribution in [2.24, 2.45) is 0 Å². The fourth-order valence-corrected chi connectivity index (χ4v) is 2.02. The molecule has 4 aromatic heterocycles. The second-order valence-corrected chi connectivity index (χ2v) is 3.88. The van der Waals surface area contributed by atoms with Gasteiger partial charge in [0.05, 0.1) is 17.9 Å². The number of aromatic nitrogens is 6. The van der Waals surface area contributed by atoms with Crippen LogP contribution in [0.4, 0.5) is 0 Å². The summed E-state index contributed by atoms with van der Waals surface area (Å²) in [6, 6.07) is 5.70. The molecule has 0 amide bonds. The molecule has 0 aliphatic carbocycles. The minimum atomic E-state index is 0.770. The Morgan fingerprint density at radius 2 is 1.89 bits per heavy atom. The van der Waals surface area contributed by atoms with Crippen LogP contribution in [0, 0.1) is 0 Å². The summed E-state index contributed by atoms with van der Waals surface area (Å²) in [5, 5.41) is 8.60. The number of hydrogen-bond acceptors (Lipinski definition) is 4. The molecule has 0 aliphatic rings. The molecule has 4 heterocycles. The lowest BCUT2D eigenvalue weighted by Crippen LogP contribution is -1.97. The lowest BCUT2D eigenvalue weighted by Gasteiger charge is -1.99.